The van der Waals surface area contributed by atoms with Crippen molar-refractivity contribution in [2.24, 2.45) is 0 Å². The van der Waals surface area contributed by atoms with Crippen molar-refractivity contribution in [3.05, 3.63) is 63.7 Å². The van der Waals surface area contributed by atoms with Gasteiger partial charge in [-0.05, 0) is 30.3 Å². The lowest BCUT2D eigenvalue weighted by Gasteiger charge is -2.11. The summed E-state index contributed by atoms with van der Waals surface area (Å²) in [7, 11) is 0. The fraction of sp³-hybridized carbons (Fsp3) is 0. The number of hydrogen-bond donors (Lipinski definition) is 0. The van der Waals surface area contributed by atoms with Gasteiger partial charge in [-0.25, -0.2) is 0 Å². The first-order valence-corrected chi connectivity index (χ1v) is 7.27. The summed E-state index contributed by atoms with van der Waals surface area (Å²) in [6.45, 7) is 0. The molecule has 3 nitrogen and oxygen atoms in total. The second-order valence-corrected chi connectivity index (χ2v) is 5.63. The minimum atomic E-state index is 0.368. The summed E-state index contributed by atoms with van der Waals surface area (Å²) < 4.78 is 6.75. The van der Waals surface area contributed by atoms with E-state index in [2.05, 4.69) is 27.0 Å². The van der Waals surface area contributed by atoms with Gasteiger partial charge in [0.05, 0.1) is 10.5 Å². The summed E-state index contributed by atoms with van der Waals surface area (Å²) in [5.74, 6) is 0.958. The van der Waals surface area contributed by atoms with Gasteiger partial charge in [0.25, 0.3) is 0 Å². The van der Waals surface area contributed by atoms with Crippen molar-refractivity contribution in [3.63, 3.8) is 0 Å². The first-order valence-electron chi connectivity index (χ1n) is 6.10. The Morgan fingerprint density at radius 2 is 2.00 bits per heavy atom. The molecule has 0 radical (unpaired) electrons. The molecule has 0 aliphatic heterocycles. The largest absolute Gasteiger partial charge is 0.454 e. The first kappa shape index (κ1) is 13.9. The van der Waals surface area contributed by atoms with Crippen LogP contribution in [0.4, 0.5) is 0 Å². The molecule has 1 aromatic heterocycles. The Bertz CT molecular complexity index is 874. The number of benzene rings is 2. The van der Waals surface area contributed by atoms with E-state index in [0.717, 1.165) is 15.4 Å². The summed E-state index contributed by atoms with van der Waals surface area (Å²) in [5.41, 5.74) is 1.13. The Hall–Kier alpha value is -2.09. The summed E-state index contributed by atoms with van der Waals surface area (Å²) in [4.78, 5) is 4.25. The Balaban J connectivity index is 2.17. The van der Waals surface area contributed by atoms with Crippen LogP contribution in [-0.2, 0) is 0 Å². The maximum absolute atomic E-state index is 9.26. The van der Waals surface area contributed by atoms with Crippen LogP contribution in [0.5, 0.6) is 11.5 Å². The van der Waals surface area contributed by atoms with E-state index < -0.39 is 0 Å². The molecule has 3 aromatic rings. The van der Waals surface area contributed by atoms with Crippen LogP contribution in [-0.4, -0.2) is 4.98 Å². The molecule has 102 valence electrons. The fourth-order valence-electron chi connectivity index (χ4n) is 1.97. The normalized spacial score (nSPS) is 10.3. The number of hydrogen-bond acceptors (Lipinski definition) is 3. The highest BCUT2D eigenvalue weighted by molar-refractivity contribution is 9.10. The lowest BCUT2D eigenvalue weighted by atomic mass is 10.1. The zero-order valence-electron chi connectivity index (χ0n) is 10.7. The molecular formula is C16H8BrClN2O. The zero-order valence-corrected chi connectivity index (χ0v) is 13.0. The van der Waals surface area contributed by atoms with Crippen LogP contribution in [0, 0.1) is 11.3 Å². The van der Waals surface area contributed by atoms with Gasteiger partial charge in [0, 0.05) is 16.1 Å². The molecular weight excluding hydrogens is 352 g/mol. The molecule has 0 aliphatic carbocycles. The molecule has 0 amide bonds. The molecule has 0 saturated heterocycles. The molecule has 0 unspecified atom stereocenters. The zero-order chi connectivity index (χ0) is 14.8. The van der Waals surface area contributed by atoms with Crippen molar-refractivity contribution in [2.45, 2.75) is 0 Å². The van der Waals surface area contributed by atoms with Crippen molar-refractivity contribution >= 4 is 38.4 Å². The Morgan fingerprint density at radius 1 is 1.19 bits per heavy atom. The van der Waals surface area contributed by atoms with Crippen molar-refractivity contribution in [1.82, 2.24) is 4.98 Å². The van der Waals surface area contributed by atoms with Crippen LogP contribution in [0.2, 0.25) is 5.02 Å². The van der Waals surface area contributed by atoms with E-state index in [4.69, 9.17) is 16.3 Å². The topological polar surface area (TPSA) is 45.9 Å². The first-order chi connectivity index (χ1) is 10.2. The molecule has 0 N–H and O–H groups in total. The Morgan fingerprint density at radius 3 is 2.76 bits per heavy atom. The molecule has 3 rings (SSSR count). The van der Waals surface area contributed by atoms with Crippen LogP contribution in [0.3, 0.4) is 0 Å². The summed E-state index contributed by atoms with van der Waals surface area (Å²) in [6.07, 6.45) is 1.50. The third kappa shape index (κ3) is 2.71. The standard InChI is InChI=1S/C16H8BrClN2O/c17-11-5-6-15(13(18)7-11)21-16-10(8-19)9-20-14-4-2-1-3-12(14)16/h1-7,9H. The van der Waals surface area contributed by atoms with Gasteiger partial charge in [-0.15, -0.1) is 0 Å². The van der Waals surface area contributed by atoms with Crippen LogP contribution >= 0.6 is 27.5 Å². The minimum absolute atomic E-state index is 0.368. The average Bonchev–Trinajstić information content (AvgIpc) is 2.50. The molecule has 2 aromatic carbocycles. The second-order valence-electron chi connectivity index (χ2n) is 4.31. The third-order valence-corrected chi connectivity index (χ3v) is 3.74. The molecule has 0 saturated carbocycles. The molecule has 0 bridgehead atoms. The molecule has 0 aliphatic rings. The lowest BCUT2D eigenvalue weighted by Crippen LogP contribution is -1.92. The number of fused-ring (bicyclic) bond motifs is 1. The van der Waals surface area contributed by atoms with Gasteiger partial charge in [-0.3, -0.25) is 4.98 Å². The third-order valence-electron chi connectivity index (χ3n) is 2.95. The summed E-state index contributed by atoms with van der Waals surface area (Å²) in [6, 6.07) is 14.9. The molecule has 0 spiro atoms. The second kappa shape index (κ2) is 5.72. The lowest BCUT2D eigenvalue weighted by molar-refractivity contribution is 0.486. The van der Waals surface area contributed by atoms with Gasteiger partial charge in [0.1, 0.15) is 17.4 Å². The van der Waals surface area contributed by atoms with Gasteiger partial charge in [0.15, 0.2) is 5.75 Å². The van der Waals surface area contributed by atoms with Crippen molar-refractivity contribution in [2.75, 3.05) is 0 Å². The average molecular weight is 360 g/mol. The van der Waals surface area contributed by atoms with E-state index in [1.807, 2.05) is 30.3 Å². The minimum Gasteiger partial charge on any atom is -0.454 e. The Kier molecular flexibility index (Phi) is 3.78. The van der Waals surface area contributed by atoms with Gasteiger partial charge < -0.3 is 4.74 Å². The van der Waals surface area contributed by atoms with Crippen molar-refractivity contribution in [3.8, 4) is 17.6 Å². The summed E-state index contributed by atoms with van der Waals surface area (Å²) in [5, 5.41) is 10.5. The fourth-order valence-corrected chi connectivity index (χ4v) is 2.69. The van der Waals surface area contributed by atoms with E-state index in [1.165, 1.54) is 6.20 Å². The predicted octanol–water partition coefficient (Wildman–Crippen LogP) is 5.31. The molecule has 0 fully saturated rings. The predicted molar refractivity (Wildman–Crippen MR) is 85.7 cm³/mol. The number of aromatic nitrogens is 1. The maximum atomic E-state index is 9.26. The summed E-state index contributed by atoms with van der Waals surface area (Å²) >= 11 is 9.52. The number of halogens is 2. The molecule has 1 heterocycles. The maximum Gasteiger partial charge on any atom is 0.156 e. The van der Waals surface area contributed by atoms with Crippen LogP contribution in [0.1, 0.15) is 5.56 Å². The van der Waals surface area contributed by atoms with E-state index in [1.54, 1.807) is 12.1 Å². The molecule has 0 atom stereocenters. The highest BCUT2D eigenvalue weighted by Gasteiger charge is 2.12. The van der Waals surface area contributed by atoms with Crippen LogP contribution < -0.4 is 4.74 Å². The number of nitriles is 1. The Labute approximate surface area is 134 Å². The van der Waals surface area contributed by atoms with Gasteiger partial charge >= 0.3 is 0 Å². The number of nitrogens with zero attached hydrogens (tertiary/aromatic N) is 2. The molecule has 21 heavy (non-hydrogen) atoms. The van der Waals surface area contributed by atoms with Gasteiger partial charge in [-0.1, -0.05) is 39.7 Å². The van der Waals surface area contributed by atoms with E-state index in [-0.39, 0.29) is 0 Å². The van der Waals surface area contributed by atoms with E-state index in [9.17, 15) is 5.26 Å². The van der Waals surface area contributed by atoms with E-state index in [0.29, 0.717) is 22.1 Å². The molecule has 5 heteroatoms. The number of pyridine rings is 1. The van der Waals surface area contributed by atoms with Gasteiger partial charge in [-0.2, -0.15) is 5.26 Å². The smallest absolute Gasteiger partial charge is 0.156 e. The van der Waals surface area contributed by atoms with Crippen LogP contribution in [0.15, 0.2) is 53.1 Å². The number of ether oxygens (including phenoxy) is 1. The van der Waals surface area contributed by atoms with Crippen LogP contribution in [0.25, 0.3) is 10.9 Å². The SMILES string of the molecule is N#Cc1cnc2ccccc2c1Oc1ccc(Br)cc1Cl. The highest BCUT2D eigenvalue weighted by Crippen LogP contribution is 2.36. The number of rotatable bonds is 2. The highest BCUT2D eigenvalue weighted by atomic mass is 79.9. The monoisotopic (exact) mass is 358 g/mol. The quantitative estimate of drug-likeness (QED) is 0.622. The van der Waals surface area contributed by atoms with Crippen molar-refractivity contribution < 1.29 is 4.74 Å². The van der Waals surface area contributed by atoms with Gasteiger partial charge in [0.2, 0.25) is 0 Å². The van der Waals surface area contributed by atoms with E-state index >= 15 is 0 Å². The van der Waals surface area contributed by atoms with Crippen molar-refractivity contribution in [1.29, 1.82) is 5.26 Å². The number of para-hydroxylation sites is 1.